The second kappa shape index (κ2) is 8.86. The standard InChI is InChI=1S/C26H21N5O4/c1-15-16(2)30-31(17(15)3)24-13-25(28-14-27-24)34-19-10-8-18(9-11-19)29-26(33)23-12-21(32)20-6-4-5-7-22(20)35-23/h4-14H,1-3H3,(H,29,33). The Labute approximate surface area is 200 Å². The Morgan fingerprint density at radius 2 is 1.77 bits per heavy atom. The van der Waals surface area contributed by atoms with Crippen LogP contribution in [0.2, 0.25) is 0 Å². The number of hydrogen-bond acceptors (Lipinski definition) is 7. The van der Waals surface area contributed by atoms with Crippen molar-refractivity contribution < 1.29 is 13.9 Å². The van der Waals surface area contributed by atoms with Crippen LogP contribution in [-0.2, 0) is 0 Å². The lowest BCUT2D eigenvalue weighted by Gasteiger charge is -2.09. The molecule has 2 aromatic carbocycles. The number of aromatic nitrogens is 4. The van der Waals surface area contributed by atoms with Gasteiger partial charge in [0.25, 0.3) is 5.91 Å². The van der Waals surface area contributed by atoms with E-state index in [1.807, 2.05) is 20.8 Å². The van der Waals surface area contributed by atoms with Crippen molar-refractivity contribution in [2.75, 3.05) is 5.32 Å². The van der Waals surface area contributed by atoms with E-state index in [0.717, 1.165) is 17.0 Å². The van der Waals surface area contributed by atoms with Crippen LogP contribution in [0.15, 0.2) is 76.2 Å². The van der Waals surface area contributed by atoms with Crippen molar-refractivity contribution in [3.8, 4) is 17.4 Å². The lowest BCUT2D eigenvalue weighted by Crippen LogP contribution is -2.14. The van der Waals surface area contributed by atoms with E-state index >= 15 is 0 Å². The van der Waals surface area contributed by atoms with E-state index in [4.69, 9.17) is 9.15 Å². The van der Waals surface area contributed by atoms with Crippen LogP contribution in [-0.4, -0.2) is 25.7 Å². The molecule has 5 rings (SSSR count). The van der Waals surface area contributed by atoms with E-state index in [1.165, 1.54) is 12.4 Å². The van der Waals surface area contributed by atoms with Crippen LogP contribution in [0.1, 0.15) is 27.5 Å². The predicted molar refractivity (Wildman–Crippen MR) is 130 cm³/mol. The second-order valence-electron chi connectivity index (χ2n) is 7.97. The molecule has 5 aromatic rings. The van der Waals surface area contributed by atoms with Gasteiger partial charge in [-0.2, -0.15) is 5.10 Å². The van der Waals surface area contributed by atoms with Crippen molar-refractivity contribution in [2.24, 2.45) is 0 Å². The zero-order valence-corrected chi connectivity index (χ0v) is 19.3. The van der Waals surface area contributed by atoms with Crippen LogP contribution in [0.25, 0.3) is 16.8 Å². The highest BCUT2D eigenvalue weighted by Gasteiger charge is 2.14. The number of anilines is 1. The number of fused-ring (bicyclic) bond motifs is 1. The molecule has 0 spiro atoms. The van der Waals surface area contributed by atoms with Crippen molar-refractivity contribution in [1.29, 1.82) is 0 Å². The summed E-state index contributed by atoms with van der Waals surface area (Å²) < 4.78 is 13.2. The number of carbonyl (C=O) groups is 1. The molecule has 0 saturated heterocycles. The van der Waals surface area contributed by atoms with Crippen molar-refractivity contribution in [1.82, 2.24) is 19.7 Å². The summed E-state index contributed by atoms with van der Waals surface area (Å²) in [5.74, 6) is 0.887. The van der Waals surface area contributed by atoms with Crippen LogP contribution in [0.5, 0.6) is 11.6 Å². The summed E-state index contributed by atoms with van der Waals surface area (Å²) in [4.78, 5) is 33.3. The highest BCUT2D eigenvalue weighted by atomic mass is 16.5. The lowest BCUT2D eigenvalue weighted by atomic mass is 10.2. The molecule has 0 atom stereocenters. The molecule has 0 aliphatic heterocycles. The maximum Gasteiger partial charge on any atom is 0.291 e. The van der Waals surface area contributed by atoms with Crippen molar-refractivity contribution in [3.05, 3.63) is 99.9 Å². The molecule has 174 valence electrons. The first kappa shape index (κ1) is 22.0. The average Bonchev–Trinajstić information content (AvgIpc) is 3.12. The Kier molecular flexibility index (Phi) is 5.58. The first-order chi connectivity index (χ1) is 16.9. The number of nitrogens with zero attached hydrogens (tertiary/aromatic N) is 4. The largest absolute Gasteiger partial charge is 0.451 e. The molecule has 0 unspecified atom stereocenters. The first-order valence-corrected chi connectivity index (χ1v) is 10.9. The second-order valence-corrected chi connectivity index (χ2v) is 7.97. The van der Waals surface area contributed by atoms with Crippen molar-refractivity contribution >= 4 is 22.6 Å². The van der Waals surface area contributed by atoms with E-state index < -0.39 is 5.91 Å². The van der Waals surface area contributed by atoms with Crippen molar-refractivity contribution in [3.63, 3.8) is 0 Å². The van der Waals surface area contributed by atoms with E-state index in [1.54, 1.807) is 59.3 Å². The van der Waals surface area contributed by atoms with Crippen molar-refractivity contribution in [2.45, 2.75) is 20.8 Å². The van der Waals surface area contributed by atoms with Gasteiger partial charge in [0.1, 0.15) is 17.7 Å². The Bertz CT molecular complexity index is 1620. The van der Waals surface area contributed by atoms with Crippen LogP contribution in [0.4, 0.5) is 5.69 Å². The van der Waals surface area contributed by atoms with Gasteiger partial charge in [0.2, 0.25) is 5.88 Å². The Balaban J connectivity index is 1.30. The molecule has 1 N–H and O–H groups in total. The molecule has 0 bridgehead atoms. The molecule has 9 heteroatoms. The number of aryl methyl sites for hydroxylation is 1. The fraction of sp³-hybridized carbons (Fsp3) is 0.115. The average molecular weight is 467 g/mol. The molecular weight excluding hydrogens is 446 g/mol. The number of carbonyl (C=O) groups excluding carboxylic acids is 1. The summed E-state index contributed by atoms with van der Waals surface area (Å²) in [6.45, 7) is 5.94. The predicted octanol–water partition coefficient (Wildman–Crippen LogP) is 4.74. The minimum atomic E-state index is -0.526. The summed E-state index contributed by atoms with van der Waals surface area (Å²) in [6.07, 6.45) is 1.42. The Hall–Kier alpha value is -4.79. The van der Waals surface area contributed by atoms with Gasteiger partial charge in [-0.3, -0.25) is 9.59 Å². The van der Waals surface area contributed by atoms with Gasteiger partial charge in [0.15, 0.2) is 17.0 Å². The number of nitrogens with one attached hydrogen (secondary N) is 1. The monoisotopic (exact) mass is 467 g/mol. The van der Waals surface area contributed by atoms with Gasteiger partial charge in [-0.15, -0.1) is 0 Å². The molecule has 0 aliphatic carbocycles. The zero-order chi connectivity index (χ0) is 24.5. The molecule has 35 heavy (non-hydrogen) atoms. The van der Waals surface area contributed by atoms with Gasteiger partial charge in [0.05, 0.1) is 11.1 Å². The quantitative estimate of drug-likeness (QED) is 0.397. The number of rotatable bonds is 5. The maximum absolute atomic E-state index is 12.6. The first-order valence-electron chi connectivity index (χ1n) is 10.9. The number of para-hydroxylation sites is 1. The number of hydrogen-bond donors (Lipinski definition) is 1. The van der Waals surface area contributed by atoms with E-state index in [0.29, 0.717) is 34.1 Å². The normalized spacial score (nSPS) is 10.9. The summed E-state index contributed by atoms with van der Waals surface area (Å²) in [5.41, 5.74) is 3.62. The number of benzene rings is 2. The lowest BCUT2D eigenvalue weighted by molar-refractivity contribution is 0.0997. The SMILES string of the molecule is Cc1nn(-c2cc(Oc3ccc(NC(=O)c4cc(=O)c5ccccc5o4)cc3)ncn2)c(C)c1C. The molecule has 0 radical (unpaired) electrons. The van der Waals surface area contributed by atoms with Gasteiger partial charge in [-0.25, -0.2) is 14.6 Å². The smallest absolute Gasteiger partial charge is 0.291 e. The fourth-order valence-electron chi connectivity index (χ4n) is 3.58. The summed E-state index contributed by atoms with van der Waals surface area (Å²) in [7, 11) is 0. The minimum absolute atomic E-state index is 0.0677. The van der Waals surface area contributed by atoms with Crippen LogP contribution >= 0.6 is 0 Å². The fourth-order valence-corrected chi connectivity index (χ4v) is 3.58. The van der Waals surface area contributed by atoms with Crippen LogP contribution in [0.3, 0.4) is 0 Å². The third-order valence-electron chi connectivity index (χ3n) is 5.69. The Morgan fingerprint density at radius 1 is 1.00 bits per heavy atom. The molecule has 0 aliphatic rings. The van der Waals surface area contributed by atoms with E-state index in [9.17, 15) is 9.59 Å². The molecule has 0 fully saturated rings. The molecular formula is C26H21N5O4. The third-order valence-corrected chi connectivity index (χ3v) is 5.69. The molecule has 0 saturated carbocycles. The third kappa shape index (κ3) is 4.39. The molecule has 9 nitrogen and oxygen atoms in total. The van der Waals surface area contributed by atoms with Gasteiger partial charge >= 0.3 is 0 Å². The topological polar surface area (TPSA) is 112 Å². The molecule has 3 aromatic heterocycles. The maximum atomic E-state index is 12.6. The summed E-state index contributed by atoms with van der Waals surface area (Å²) in [5, 5.41) is 7.66. The summed E-state index contributed by atoms with van der Waals surface area (Å²) in [6, 6.07) is 16.4. The van der Waals surface area contributed by atoms with Crippen LogP contribution < -0.4 is 15.5 Å². The van der Waals surface area contributed by atoms with Gasteiger partial charge in [-0.1, -0.05) is 12.1 Å². The van der Waals surface area contributed by atoms with Gasteiger partial charge in [0, 0.05) is 23.5 Å². The van der Waals surface area contributed by atoms with Gasteiger partial charge in [-0.05, 0) is 62.7 Å². The Morgan fingerprint density at radius 3 is 2.51 bits per heavy atom. The van der Waals surface area contributed by atoms with E-state index in [2.05, 4.69) is 20.4 Å². The number of ether oxygens (including phenoxy) is 1. The highest BCUT2D eigenvalue weighted by molar-refractivity contribution is 6.03. The van der Waals surface area contributed by atoms with E-state index in [-0.39, 0.29) is 11.2 Å². The van der Waals surface area contributed by atoms with Crippen LogP contribution in [0, 0.1) is 20.8 Å². The zero-order valence-electron chi connectivity index (χ0n) is 19.3. The molecule has 3 heterocycles. The number of amides is 1. The summed E-state index contributed by atoms with van der Waals surface area (Å²) >= 11 is 0. The molecule has 1 amide bonds. The minimum Gasteiger partial charge on any atom is -0.451 e. The van der Waals surface area contributed by atoms with Gasteiger partial charge < -0.3 is 14.5 Å². The highest BCUT2D eigenvalue weighted by Crippen LogP contribution is 2.24.